The van der Waals surface area contributed by atoms with E-state index < -0.39 is 0 Å². The maximum Gasteiger partial charge on any atom is 0.0347 e. The lowest BCUT2D eigenvalue weighted by Crippen LogP contribution is -2.00. The summed E-state index contributed by atoms with van der Waals surface area (Å²) in [5.74, 6) is 0.642. The number of hydrogen-bond acceptors (Lipinski definition) is 2. The van der Waals surface area contributed by atoms with Crippen molar-refractivity contribution in [1.29, 1.82) is 0 Å². The number of aryl methyl sites for hydroxylation is 1. The molecule has 0 spiro atoms. The zero-order valence-electron chi connectivity index (χ0n) is 6.30. The Balaban J connectivity index is 2.31. The first-order valence-electron chi connectivity index (χ1n) is 3.69. The van der Waals surface area contributed by atoms with E-state index in [1.54, 1.807) is 0 Å². The maximum absolute atomic E-state index is 5.76. The standard InChI is InChI=1S/C8H10BrNS/c1-4-3-11-8(7(4)9)5-2-6(5)10/h3,5-6H,2,10H2,1H3/t5-,6-/m1/s1. The Morgan fingerprint density at radius 2 is 2.36 bits per heavy atom. The van der Waals surface area contributed by atoms with E-state index in [1.807, 2.05) is 11.3 Å². The Kier molecular flexibility index (Phi) is 1.82. The van der Waals surface area contributed by atoms with Crippen molar-refractivity contribution in [2.75, 3.05) is 0 Å². The molecule has 1 saturated carbocycles. The van der Waals surface area contributed by atoms with Crippen molar-refractivity contribution in [2.24, 2.45) is 5.73 Å². The predicted molar refractivity (Wildman–Crippen MR) is 52.1 cm³/mol. The molecule has 2 rings (SSSR count). The highest BCUT2D eigenvalue weighted by Gasteiger charge is 2.37. The molecule has 60 valence electrons. The fourth-order valence-corrected chi connectivity index (χ4v) is 3.19. The quantitative estimate of drug-likeness (QED) is 0.791. The van der Waals surface area contributed by atoms with Crippen LogP contribution in [0.1, 0.15) is 22.8 Å². The molecule has 0 aliphatic heterocycles. The Hall–Kier alpha value is 0.140. The van der Waals surface area contributed by atoms with Gasteiger partial charge in [0.05, 0.1) is 0 Å². The molecule has 0 bridgehead atoms. The number of nitrogens with two attached hydrogens (primary N) is 1. The average molecular weight is 232 g/mol. The van der Waals surface area contributed by atoms with Crippen molar-refractivity contribution < 1.29 is 0 Å². The van der Waals surface area contributed by atoms with Gasteiger partial charge in [0.15, 0.2) is 0 Å². The molecule has 1 heterocycles. The second-order valence-electron chi connectivity index (χ2n) is 3.10. The summed E-state index contributed by atoms with van der Waals surface area (Å²) in [4.78, 5) is 1.44. The largest absolute Gasteiger partial charge is 0.327 e. The highest BCUT2D eigenvalue weighted by atomic mass is 79.9. The minimum absolute atomic E-state index is 0.421. The molecule has 0 aromatic carbocycles. The fraction of sp³-hybridized carbons (Fsp3) is 0.500. The van der Waals surface area contributed by atoms with Crippen LogP contribution < -0.4 is 5.73 Å². The smallest absolute Gasteiger partial charge is 0.0347 e. The van der Waals surface area contributed by atoms with Gasteiger partial charge in [-0.05, 0) is 40.2 Å². The van der Waals surface area contributed by atoms with Gasteiger partial charge in [-0.25, -0.2) is 0 Å². The summed E-state index contributed by atoms with van der Waals surface area (Å²) in [7, 11) is 0. The van der Waals surface area contributed by atoms with Crippen LogP contribution in [-0.2, 0) is 0 Å². The molecule has 11 heavy (non-hydrogen) atoms. The van der Waals surface area contributed by atoms with Crippen molar-refractivity contribution in [3.8, 4) is 0 Å². The molecular formula is C8H10BrNS. The summed E-state index contributed by atoms with van der Waals surface area (Å²) in [6.07, 6.45) is 1.17. The summed E-state index contributed by atoms with van der Waals surface area (Å²) < 4.78 is 1.28. The number of hydrogen-bond donors (Lipinski definition) is 1. The van der Waals surface area contributed by atoms with Gasteiger partial charge in [-0.3, -0.25) is 0 Å². The summed E-state index contributed by atoms with van der Waals surface area (Å²) in [6, 6.07) is 0.421. The second kappa shape index (κ2) is 2.57. The Labute approximate surface area is 78.7 Å². The van der Waals surface area contributed by atoms with E-state index in [-0.39, 0.29) is 0 Å². The van der Waals surface area contributed by atoms with E-state index in [0.717, 1.165) is 0 Å². The molecule has 3 heteroatoms. The van der Waals surface area contributed by atoms with Gasteiger partial charge >= 0.3 is 0 Å². The number of thiophene rings is 1. The lowest BCUT2D eigenvalue weighted by atomic mass is 10.3. The summed E-state index contributed by atoms with van der Waals surface area (Å²) in [6.45, 7) is 2.12. The maximum atomic E-state index is 5.76. The highest BCUT2D eigenvalue weighted by molar-refractivity contribution is 9.10. The summed E-state index contributed by atoms with van der Waals surface area (Å²) in [5.41, 5.74) is 7.10. The molecule has 1 aliphatic carbocycles. The summed E-state index contributed by atoms with van der Waals surface area (Å²) in [5, 5.41) is 2.18. The molecule has 2 N–H and O–H groups in total. The van der Waals surface area contributed by atoms with Crippen LogP contribution in [0, 0.1) is 6.92 Å². The molecule has 1 aromatic heterocycles. The van der Waals surface area contributed by atoms with Gasteiger partial charge in [0.25, 0.3) is 0 Å². The van der Waals surface area contributed by atoms with E-state index in [0.29, 0.717) is 12.0 Å². The van der Waals surface area contributed by atoms with Crippen molar-refractivity contribution in [3.05, 3.63) is 20.3 Å². The van der Waals surface area contributed by atoms with Crippen LogP contribution in [0.5, 0.6) is 0 Å². The average Bonchev–Trinajstić information content (AvgIpc) is 2.58. The van der Waals surface area contributed by atoms with Crippen molar-refractivity contribution in [2.45, 2.75) is 25.3 Å². The van der Waals surface area contributed by atoms with Crippen LogP contribution in [0.2, 0.25) is 0 Å². The monoisotopic (exact) mass is 231 g/mol. The SMILES string of the molecule is Cc1csc([C@@H]2C[C@H]2N)c1Br. The van der Waals surface area contributed by atoms with Crippen LogP contribution in [0.15, 0.2) is 9.85 Å². The Morgan fingerprint density at radius 1 is 1.73 bits per heavy atom. The molecule has 0 saturated heterocycles. The van der Waals surface area contributed by atoms with E-state index in [1.165, 1.54) is 21.3 Å². The van der Waals surface area contributed by atoms with Gasteiger partial charge in [0, 0.05) is 21.3 Å². The third-order valence-electron chi connectivity index (χ3n) is 2.10. The van der Waals surface area contributed by atoms with Gasteiger partial charge in [-0.15, -0.1) is 11.3 Å². The Bertz CT molecular complexity index is 282. The van der Waals surface area contributed by atoms with Gasteiger partial charge in [0.1, 0.15) is 0 Å². The summed E-state index contributed by atoms with van der Waals surface area (Å²) >= 11 is 5.40. The fourth-order valence-electron chi connectivity index (χ4n) is 1.22. The molecule has 0 amide bonds. The predicted octanol–water partition coefficient (Wildman–Crippen LogP) is 2.63. The first-order valence-corrected chi connectivity index (χ1v) is 5.36. The van der Waals surface area contributed by atoms with Gasteiger partial charge in [0.2, 0.25) is 0 Å². The molecule has 1 aliphatic rings. The van der Waals surface area contributed by atoms with Crippen molar-refractivity contribution in [3.63, 3.8) is 0 Å². The second-order valence-corrected chi connectivity index (χ2v) is 4.81. The molecular weight excluding hydrogens is 222 g/mol. The van der Waals surface area contributed by atoms with E-state index in [4.69, 9.17) is 5.73 Å². The molecule has 1 aromatic rings. The van der Waals surface area contributed by atoms with Crippen molar-refractivity contribution in [1.82, 2.24) is 0 Å². The van der Waals surface area contributed by atoms with Crippen LogP contribution in [0.4, 0.5) is 0 Å². The first kappa shape index (κ1) is 7.77. The van der Waals surface area contributed by atoms with Crippen molar-refractivity contribution >= 4 is 27.3 Å². The zero-order valence-corrected chi connectivity index (χ0v) is 8.71. The molecule has 0 radical (unpaired) electrons. The van der Waals surface area contributed by atoms with Gasteiger partial charge in [-0.1, -0.05) is 0 Å². The molecule has 1 fully saturated rings. The van der Waals surface area contributed by atoms with Crippen LogP contribution in [-0.4, -0.2) is 6.04 Å². The van der Waals surface area contributed by atoms with E-state index in [9.17, 15) is 0 Å². The topological polar surface area (TPSA) is 26.0 Å². The third kappa shape index (κ3) is 1.25. The molecule has 1 nitrogen and oxygen atoms in total. The van der Waals surface area contributed by atoms with Gasteiger partial charge < -0.3 is 5.73 Å². The third-order valence-corrected chi connectivity index (χ3v) is 4.65. The van der Waals surface area contributed by atoms with Crippen LogP contribution >= 0.6 is 27.3 Å². The first-order chi connectivity index (χ1) is 5.20. The highest BCUT2D eigenvalue weighted by Crippen LogP contribution is 2.46. The number of rotatable bonds is 1. The minimum atomic E-state index is 0.421. The minimum Gasteiger partial charge on any atom is -0.327 e. The van der Waals surface area contributed by atoms with E-state index >= 15 is 0 Å². The van der Waals surface area contributed by atoms with E-state index in [2.05, 4.69) is 28.2 Å². The lowest BCUT2D eigenvalue weighted by molar-refractivity contribution is 1.00. The number of halogens is 1. The van der Waals surface area contributed by atoms with Gasteiger partial charge in [-0.2, -0.15) is 0 Å². The zero-order chi connectivity index (χ0) is 8.01. The normalized spacial score (nSPS) is 29.0. The van der Waals surface area contributed by atoms with Crippen LogP contribution in [0.25, 0.3) is 0 Å². The lowest BCUT2D eigenvalue weighted by Gasteiger charge is -1.93. The van der Waals surface area contributed by atoms with Crippen LogP contribution in [0.3, 0.4) is 0 Å². The Morgan fingerprint density at radius 3 is 2.73 bits per heavy atom. The molecule has 0 unspecified atom stereocenters. The molecule has 2 atom stereocenters.